The monoisotopic (exact) mass is 674 g/mol. The normalized spacial score (nSPS) is 16.4. The minimum atomic E-state index is -0.911. The second-order valence-corrected chi connectivity index (χ2v) is 13.6. The predicted octanol–water partition coefficient (Wildman–Crippen LogP) is 7.96. The molecule has 9 nitrogen and oxygen atoms in total. The van der Waals surface area contributed by atoms with Gasteiger partial charge in [0.1, 0.15) is 17.4 Å². The van der Waals surface area contributed by atoms with E-state index in [1.165, 1.54) is 6.07 Å². The van der Waals surface area contributed by atoms with E-state index in [1.807, 2.05) is 69.3 Å². The van der Waals surface area contributed by atoms with Crippen LogP contribution in [0.25, 0.3) is 28.0 Å². The number of aromatic nitrogens is 3. The lowest BCUT2D eigenvalue weighted by molar-refractivity contribution is -0.136. The zero-order valence-corrected chi connectivity index (χ0v) is 30.1. The molecule has 4 aromatic rings. The van der Waals surface area contributed by atoms with Gasteiger partial charge in [-0.3, -0.25) is 4.79 Å². The molecule has 0 radical (unpaired) electrons. The van der Waals surface area contributed by atoms with Gasteiger partial charge in [0.05, 0.1) is 36.5 Å². The summed E-state index contributed by atoms with van der Waals surface area (Å²) in [5.74, 6) is 0.0306. The topological polar surface area (TPSA) is 109 Å². The Labute approximate surface area is 289 Å². The summed E-state index contributed by atoms with van der Waals surface area (Å²) in [6.45, 7) is 17.3. The molecular formula is C39H51FN4O5. The molecule has 6 bridgehead atoms. The largest absolute Gasteiger partial charge is 0.493 e. The van der Waals surface area contributed by atoms with Crippen LogP contribution in [-0.2, 0) is 16.0 Å². The summed E-state index contributed by atoms with van der Waals surface area (Å²) in [6.07, 6.45) is 6.14. The first-order chi connectivity index (χ1) is 23.2. The van der Waals surface area contributed by atoms with E-state index < -0.39 is 11.6 Å². The van der Waals surface area contributed by atoms with E-state index in [1.54, 1.807) is 32.2 Å². The molecule has 0 aliphatic carbocycles. The fraction of sp³-hybridized carbons (Fsp3) is 0.462. The first kappa shape index (κ1) is 37.5. The Hall–Kier alpha value is -4.28. The summed E-state index contributed by atoms with van der Waals surface area (Å²) in [5.41, 5.74) is 5.00. The number of carboxylic acids is 1. The number of hydrogen-bond acceptors (Lipinski definition) is 7. The van der Waals surface area contributed by atoms with Gasteiger partial charge in [-0.25, -0.2) is 9.37 Å². The van der Waals surface area contributed by atoms with Crippen molar-refractivity contribution in [2.75, 3.05) is 31.2 Å². The van der Waals surface area contributed by atoms with Gasteiger partial charge in [-0.05, 0) is 84.1 Å². The first-order valence-corrected chi connectivity index (χ1v) is 17.1. The molecule has 2 aromatic carbocycles. The van der Waals surface area contributed by atoms with Gasteiger partial charge >= 0.3 is 5.97 Å². The molecule has 1 saturated heterocycles. The average Bonchev–Trinajstić information content (AvgIpc) is 3.46. The van der Waals surface area contributed by atoms with Gasteiger partial charge in [0.2, 0.25) is 0 Å². The SMILES string of the molecule is CC.CC(C)(C)O.Cc1cc2c(cc1F)OCC/C=C/COC1(C)CCN(CC1)c1c(CC(=O)O)c(C)nc3cc(nn13)-c1cccc-2c1. The molecule has 10 heteroatoms. The maximum absolute atomic E-state index is 14.6. The number of anilines is 1. The summed E-state index contributed by atoms with van der Waals surface area (Å²) >= 11 is 0. The Morgan fingerprint density at radius 1 is 1.04 bits per heavy atom. The van der Waals surface area contributed by atoms with Crippen LogP contribution in [0, 0.1) is 19.7 Å². The minimum Gasteiger partial charge on any atom is -0.493 e. The van der Waals surface area contributed by atoms with Crippen LogP contribution in [0.5, 0.6) is 5.75 Å². The third kappa shape index (κ3) is 9.67. The Morgan fingerprint density at radius 2 is 1.71 bits per heavy atom. The number of ether oxygens (including phenoxy) is 2. The number of fused-ring (bicyclic) bond motifs is 7. The summed E-state index contributed by atoms with van der Waals surface area (Å²) < 4.78 is 28.8. The molecule has 3 aliphatic heterocycles. The number of carboxylic acid groups (broad SMARTS) is 1. The molecule has 49 heavy (non-hydrogen) atoms. The third-order valence-corrected chi connectivity index (χ3v) is 8.30. The number of carbonyl (C=O) groups is 1. The standard InChI is InChI=1S/C33H35FN4O4.C4H10O.C2H6/c1-21-16-26-23-8-7-9-24(17-23)28-20-30-35-22(2)25(18-31(39)40)32(38(30)36-28)37-12-10-33(3,11-13-37)42-15-6-4-5-14-41-29(26)19-27(21)34;1-4(2,3)5;1-2/h4,6-9,16-17,19-20H,5,10-15,18H2,1-3H3,(H,39,40);5H,1-3H3;1-2H3/b6-4+;;. The van der Waals surface area contributed by atoms with Crippen LogP contribution in [0.1, 0.15) is 77.6 Å². The van der Waals surface area contributed by atoms with Gasteiger partial charge < -0.3 is 24.6 Å². The van der Waals surface area contributed by atoms with E-state index in [0.29, 0.717) is 66.6 Å². The molecule has 3 aliphatic rings. The molecule has 2 aromatic heterocycles. The molecule has 0 saturated carbocycles. The maximum atomic E-state index is 14.6. The van der Waals surface area contributed by atoms with Crippen LogP contribution < -0.4 is 9.64 Å². The van der Waals surface area contributed by atoms with Crippen molar-refractivity contribution in [1.29, 1.82) is 0 Å². The van der Waals surface area contributed by atoms with E-state index in [0.717, 1.165) is 35.3 Å². The van der Waals surface area contributed by atoms with E-state index in [-0.39, 0.29) is 17.8 Å². The Balaban J connectivity index is 0.000000710. The smallest absolute Gasteiger partial charge is 0.308 e. The van der Waals surface area contributed by atoms with Crippen molar-refractivity contribution in [3.8, 4) is 28.1 Å². The van der Waals surface area contributed by atoms with Crippen LogP contribution in [0.3, 0.4) is 0 Å². The van der Waals surface area contributed by atoms with Crippen LogP contribution in [0.2, 0.25) is 0 Å². The molecule has 0 atom stereocenters. The molecule has 2 N–H and O–H groups in total. The zero-order chi connectivity index (χ0) is 35.9. The first-order valence-electron chi connectivity index (χ1n) is 17.1. The fourth-order valence-electron chi connectivity index (χ4n) is 5.82. The number of hydrogen-bond donors (Lipinski definition) is 2. The van der Waals surface area contributed by atoms with Gasteiger partial charge in [-0.1, -0.05) is 44.2 Å². The molecule has 5 heterocycles. The number of piperidine rings is 1. The molecule has 264 valence electrons. The molecule has 0 amide bonds. The van der Waals surface area contributed by atoms with Gasteiger partial charge in [0.15, 0.2) is 5.65 Å². The van der Waals surface area contributed by atoms with Crippen LogP contribution in [-0.4, -0.2) is 68.3 Å². The van der Waals surface area contributed by atoms with E-state index in [9.17, 15) is 14.3 Å². The lowest BCUT2D eigenvalue weighted by atomic mass is 9.93. The van der Waals surface area contributed by atoms with Crippen molar-refractivity contribution in [1.82, 2.24) is 14.6 Å². The van der Waals surface area contributed by atoms with Crippen molar-refractivity contribution >= 4 is 17.4 Å². The third-order valence-electron chi connectivity index (χ3n) is 8.30. The lowest BCUT2D eigenvalue weighted by Crippen LogP contribution is -2.45. The van der Waals surface area contributed by atoms with Gasteiger partial charge in [-0.15, -0.1) is 0 Å². The fourth-order valence-corrected chi connectivity index (χ4v) is 5.82. The van der Waals surface area contributed by atoms with Crippen LogP contribution in [0.4, 0.5) is 10.2 Å². The maximum Gasteiger partial charge on any atom is 0.308 e. The number of aliphatic carboxylic acids is 1. The quantitative estimate of drug-likeness (QED) is 0.206. The van der Waals surface area contributed by atoms with Crippen molar-refractivity contribution in [2.24, 2.45) is 0 Å². The second kappa shape index (κ2) is 16.0. The van der Waals surface area contributed by atoms with Crippen molar-refractivity contribution in [3.63, 3.8) is 0 Å². The van der Waals surface area contributed by atoms with E-state index in [2.05, 4.69) is 11.8 Å². The highest BCUT2D eigenvalue weighted by atomic mass is 19.1. The molecule has 0 unspecified atom stereocenters. The lowest BCUT2D eigenvalue weighted by Gasteiger charge is -2.40. The Kier molecular flexibility index (Phi) is 12.2. The Bertz CT molecular complexity index is 1780. The highest BCUT2D eigenvalue weighted by Crippen LogP contribution is 2.37. The number of aryl methyl sites for hydroxylation is 2. The number of halogens is 1. The summed E-state index contributed by atoms with van der Waals surface area (Å²) in [5, 5.41) is 23.3. The number of rotatable bonds is 2. The number of benzene rings is 2. The van der Waals surface area contributed by atoms with Gasteiger partial charge in [0.25, 0.3) is 0 Å². The van der Waals surface area contributed by atoms with E-state index in [4.69, 9.17) is 24.7 Å². The van der Waals surface area contributed by atoms with Crippen LogP contribution in [0.15, 0.2) is 54.6 Å². The summed E-state index contributed by atoms with van der Waals surface area (Å²) in [4.78, 5) is 18.9. The van der Waals surface area contributed by atoms with Crippen LogP contribution >= 0.6 is 0 Å². The number of aliphatic hydroxyl groups is 1. The van der Waals surface area contributed by atoms with Crippen molar-refractivity contribution in [3.05, 3.63) is 77.3 Å². The molecular weight excluding hydrogens is 623 g/mol. The Morgan fingerprint density at radius 3 is 2.39 bits per heavy atom. The highest BCUT2D eigenvalue weighted by molar-refractivity contribution is 5.78. The summed E-state index contributed by atoms with van der Waals surface area (Å²) in [6, 6.07) is 13.1. The molecule has 1 fully saturated rings. The van der Waals surface area contributed by atoms with Gasteiger partial charge in [-0.2, -0.15) is 9.61 Å². The van der Waals surface area contributed by atoms with Crippen molar-refractivity contribution < 1.29 is 28.9 Å². The molecule has 7 rings (SSSR count). The second-order valence-electron chi connectivity index (χ2n) is 13.6. The number of nitrogens with zero attached hydrogens (tertiary/aromatic N) is 4. The minimum absolute atomic E-state index is 0.142. The average molecular weight is 675 g/mol. The predicted molar refractivity (Wildman–Crippen MR) is 193 cm³/mol. The van der Waals surface area contributed by atoms with Crippen molar-refractivity contribution in [2.45, 2.75) is 92.3 Å². The summed E-state index contributed by atoms with van der Waals surface area (Å²) in [7, 11) is 0. The van der Waals surface area contributed by atoms with E-state index >= 15 is 0 Å². The van der Waals surface area contributed by atoms with Gasteiger partial charge in [0, 0.05) is 47.6 Å². The zero-order valence-electron chi connectivity index (χ0n) is 30.1. The highest BCUT2D eigenvalue weighted by Gasteiger charge is 2.33. The molecule has 0 spiro atoms.